The highest BCUT2D eigenvalue weighted by atomic mass is 16.5. The Morgan fingerprint density at radius 1 is 1.31 bits per heavy atom. The van der Waals surface area contributed by atoms with Crippen LogP contribution in [0.1, 0.15) is 26.2 Å². The SMILES string of the molecule is CCC(=O)Nc1ccc(OCC(=O)N2CCC[C@@H]2Cn2cccn2)cc1. The van der Waals surface area contributed by atoms with Crippen molar-refractivity contribution >= 4 is 17.5 Å². The van der Waals surface area contributed by atoms with Crippen LogP contribution in [0, 0.1) is 0 Å². The topological polar surface area (TPSA) is 76.5 Å². The van der Waals surface area contributed by atoms with Crippen molar-refractivity contribution in [3.8, 4) is 5.75 Å². The lowest BCUT2D eigenvalue weighted by Gasteiger charge is -2.24. The van der Waals surface area contributed by atoms with Gasteiger partial charge in [-0.2, -0.15) is 5.10 Å². The molecule has 0 spiro atoms. The van der Waals surface area contributed by atoms with Gasteiger partial charge in [-0.15, -0.1) is 0 Å². The number of amides is 2. The number of carbonyl (C=O) groups excluding carboxylic acids is 2. The molecule has 1 atom stereocenters. The lowest BCUT2D eigenvalue weighted by Crippen LogP contribution is -2.40. The molecule has 1 saturated heterocycles. The maximum Gasteiger partial charge on any atom is 0.260 e. The Morgan fingerprint density at radius 2 is 2.12 bits per heavy atom. The molecule has 2 amide bonds. The van der Waals surface area contributed by atoms with Gasteiger partial charge in [0.15, 0.2) is 6.61 Å². The molecule has 2 aromatic rings. The summed E-state index contributed by atoms with van der Waals surface area (Å²) in [6.07, 6.45) is 6.08. The molecule has 0 bridgehead atoms. The number of rotatable bonds is 7. The number of likely N-dealkylation sites (tertiary alicyclic amines) is 1. The Morgan fingerprint density at radius 3 is 2.81 bits per heavy atom. The predicted molar refractivity (Wildman–Crippen MR) is 97.8 cm³/mol. The summed E-state index contributed by atoms with van der Waals surface area (Å²) in [7, 11) is 0. The predicted octanol–water partition coefficient (Wildman–Crippen LogP) is 2.30. The van der Waals surface area contributed by atoms with Crippen LogP contribution in [0.25, 0.3) is 0 Å². The second-order valence-corrected chi connectivity index (χ2v) is 6.33. The first-order chi connectivity index (χ1) is 12.7. The van der Waals surface area contributed by atoms with Gasteiger partial charge in [-0.25, -0.2) is 0 Å². The largest absolute Gasteiger partial charge is 0.484 e. The Labute approximate surface area is 152 Å². The van der Waals surface area contributed by atoms with E-state index < -0.39 is 0 Å². The molecule has 7 nitrogen and oxygen atoms in total. The molecule has 0 radical (unpaired) electrons. The third-order valence-electron chi connectivity index (χ3n) is 4.48. The molecule has 1 aliphatic heterocycles. The van der Waals surface area contributed by atoms with Crippen LogP contribution in [0.15, 0.2) is 42.7 Å². The van der Waals surface area contributed by atoms with Crippen molar-refractivity contribution in [2.24, 2.45) is 0 Å². The summed E-state index contributed by atoms with van der Waals surface area (Å²) in [5.41, 5.74) is 0.717. The molecule has 7 heteroatoms. The Hall–Kier alpha value is -2.83. The minimum absolute atomic E-state index is 0.0102. The minimum atomic E-state index is -0.0360. The van der Waals surface area contributed by atoms with E-state index in [1.807, 2.05) is 21.8 Å². The van der Waals surface area contributed by atoms with Crippen LogP contribution in [0.3, 0.4) is 0 Å². The van der Waals surface area contributed by atoms with Gasteiger partial charge in [0.2, 0.25) is 5.91 Å². The second kappa shape index (κ2) is 8.51. The Kier molecular flexibility index (Phi) is 5.88. The lowest BCUT2D eigenvalue weighted by molar-refractivity contribution is -0.134. The summed E-state index contributed by atoms with van der Waals surface area (Å²) < 4.78 is 7.49. The van der Waals surface area contributed by atoms with E-state index >= 15 is 0 Å². The molecule has 0 aliphatic carbocycles. The molecule has 0 saturated carbocycles. The maximum atomic E-state index is 12.5. The summed E-state index contributed by atoms with van der Waals surface area (Å²) in [4.78, 5) is 25.8. The van der Waals surface area contributed by atoms with Crippen molar-refractivity contribution in [3.63, 3.8) is 0 Å². The number of anilines is 1. The van der Waals surface area contributed by atoms with Gasteiger partial charge in [0, 0.05) is 31.0 Å². The first kappa shape index (κ1) is 18.0. The molecule has 0 unspecified atom stereocenters. The Bertz CT molecular complexity index is 728. The molecule has 26 heavy (non-hydrogen) atoms. The van der Waals surface area contributed by atoms with Crippen LogP contribution in [-0.2, 0) is 16.1 Å². The van der Waals surface area contributed by atoms with Gasteiger partial charge in [0.1, 0.15) is 5.75 Å². The molecule has 1 aromatic carbocycles. The molecular weight excluding hydrogens is 332 g/mol. The average Bonchev–Trinajstić information content (AvgIpc) is 3.33. The third kappa shape index (κ3) is 4.62. The van der Waals surface area contributed by atoms with E-state index in [0.717, 1.165) is 19.4 Å². The van der Waals surface area contributed by atoms with Crippen molar-refractivity contribution < 1.29 is 14.3 Å². The standard InChI is InChI=1S/C19H24N4O3/c1-2-18(24)21-15-6-8-17(9-7-15)26-14-19(25)23-12-3-5-16(23)13-22-11-4-10-20-22/h4,6-11,16H,2-3,5,12-14H2,1H3,(H,21,24)/t16-/m1/s1. The molecule has 138 valence electrons. The highest BCUT2D eigenvalue weighted by Gasteiger charge is 2.29. The van der Waals surface area contributed by atoms with Crippen LogP contribution in [0.2, 0.25) is 0 Å². The van der Waals surface area contributed by atoms with Gasteiger partial charge in [-0.3, -0.25) is 14.3 Å². The van der Waals surface area contributed by atoms with E-state index in [1.165, 1.54) is 0 Å². The normalized spacial score (nSPS) is 16.5. The number of nitrogens with one attached hydrogen (secondary N) is 1. The van der Waals surface area contributed by atoms with Gasteiger partial charge >= 0.3 is 0 Å². The van der Waals surface area contributed by atoms with E-state index in [4.69, 9.17) is 4.74 Å². The molecule has 1 aromatic heterocycles. The van der Waals surface area contributed by atoms with E-state index in [9.17, 15) is 9.59 Å². The molecule has 2 heterocycles. The van der Waals surface area contributed by atoms with Gasteiger partial charge in [-0.05, 0) is 43.2 Å². The smallest absolute Gasteiger partial charge is 0.260 e. The van der Waals surface area contributed by atoms with Gasteiger partial charge in [0.25, 0.3) is 5.91 Å². The van der Waals surface area contributed by atoms with Gasteiger partial charge in [0.05, 0.1) is 12.6 Å². The fraction of sp³-hybridized carbons (Fsp3) is 0.421. The van der Waals surface area contributed by atoms with E-state index in [1.54, 1.807) is 37.4 Å². The molecule has 1 N–H and O–H groups in total. The maximum absolute atomic E-state index is 12.5. The van der Waals surface area contributed by atoms with Crippen molar-refractivity contribution in [2.45, 2.75) is 38.8 Å². The second-order valence-electron chi connectivity index (χ2n) is 6.33. The van der Waals surface area contributed by atoms with Crippen molar-refractivity contribution in [3.05, 3.63) is 42.7 Å². The third-order valence-corrected chi connectivity index (χ3v) is 4.48. The van der Waals surface area contributed by atoms with Crippen LogP contribution in [-0.4, -0.2) is 45.7 Å². The van der Waals surface area contributed by atoms with E-state index in [0.29, 0.717) is 24.4 Å². The highest BCUT2D eigenvalue weighted by molar-refractivity contribution is 5.90. The fourth-order valence-electron chi connectivity index (χ4n) is 3.09. The zero-order chi connectivity index (χ0) is 18.4. The van der Waals surface area contributed by atoms with Crippen molar-refractivity contribution in [1.82, 2.24) is 14.7 Å². The van der Waals surface area contributed by atoms with Gasteiger partial charge < -0.3 is 15.0 Å². The summed E-state index contributed by atoms with van der Waals surface area (Å²) in [6.45, 7) is 3.29. The van der Waals surface area contributed by atoms with Gasteiger partial charge in [-0.1, -0.05) is 6.92 Å². The highest BCUT2D eigenvalue weighted by Crippen LogP contribution is 2.20. The van der Waals surface area contributed by atoms with Crippen LogP contribution in [0.5, 0.6) is 5.75 Å². The molecule has 3 rings (SSSR count). The lowest BCUT2D eigenvalue weighted by atomic mass is 10.2. The quantitative estimate of drug-likeness (QED) is 0.826. The zero-order valence-electron chi connectivity index (χ0n) is 14.9. The monoisotopic (exact) mass is 356 g/mol. The summed E-state index contributed by atoms with van der Waals surface area (Å²) in [5, 5.41) is 7.00. The molecule has 1 fully saturated rings. The average molecular weight is 356 g/mol. The zero-order valence-corrected chi connectivity index (χ0v) is 14.9. The number of ether oxygens (including phenoxy) is 1. The van der Waals surface area contributed by atoms with E-state index in [2.05, 4.69) is 10.4 Å². The summed E-state index contributed by atoms with van der Waals surface area (Å²) >= 11 is 0. The number of nitrogens with zero attached hydrogens (tertiary/aromatic N) is 3. The number of carbonyl (C=O) groups is 2. The van der Waals surface area contributed by atoms with Crippen LogP contribution < -0.4 is 10.1 Å². The fourth-order valence-corrected chi connectivity index (χ4v) is 3.09. The molecular formula is C19H24N4O3. The summed E-state index contributed by atoms with van der Waals surface area (Å²) in [6, 6.07) is 9.09. The number of aromatic nitrogens is 2. The van der Waals surface area contributed by atoms with Crippen LogP contribution >= 0.6 is 0 Å². The first-order valence-corrected chi connectivity index (χ1v) is 8.95. The number of benzene rings is 1. The van der Waals surface area contributed by atoms with Crippen molar-refractivity contribution in [2.75, 3.05) is 18.5 Å². The number of hydrogen-bond acceptors (Lipinski definition) is 4. The van der Waals surface area contributed by atoms with Crippen molar-refractivity contribution in [1.29, 1.82) is 0 Å². The minimum Gasteiger partial charge on any atom is -0.484 e. The van der Waals surface area contributed by atoms with E-state index in [-0.39, 0.29) is 24.5 Å². The summed E-state index contributed by atoms with van der Waals surface area (Å²) in [5.74, 6) is 0.560. The Balaban J connectivity index is 1.50. The molecule has 1 aliphatic rings. The first-order valence-electron chi connectivity index (χ1n) is 8.95. The number of hydrogen-bond donors (Lipinski definition) is 1. The van der Waals surface area contributed by atoms with Crippen LogP contribution in [0.4, 0.5) is 5.69 Å².